The van der Waals surface area contributed by atoms with Gasteiger partial charge in [-0.1, -0.05) is 6.07 Å². The third-order valence-electron chi connectivity index (χ3n) is 3.43. The second kappa shape index (κ2) is 6.64. The predicted molar refractivity (Wildman–Crippen MR) is 78.8 cm³/mol. The summed E-state index contributed by atoms with van der Waals surface area (Å²) in [6.07, 6.45) is 0.868. The van der Waals surface area contributed by atoms with E-state index in [1.54, 1.807) is 6.07 Å². The summed E-state index contributed by atoms with van der Waals surface area (Å²) < 4.78 is 33.0. The quantitative estimate of drug-likeness (QED) is 0.746. The maximum absolute atomic E-state index is 13.7. The molecule has 3 rings (SSSR count). The van der Waals surface area contributed by atoms with E-state index in [0.29, 0.717) is 5.69 Å². The van der Waals surface area contributed by atoms with E-state index in [-0.39, 0.29) is 12.5 Å². The van der Waals surface area contributed by atoms with Crippen molar-refractivity contribution in [3.8, 4) is 0 Å². The molecule has 1 aromatic carbocycles. The molecule has 0 N–H and O–H groups in total. The van der Waals surface area contributed by atoms with Gasteiger partial charge in [-0.15, -0.1) is 0 Å². The first-order valence-electron chi connectivity index (χ1n) is 6.68. The van der Waals surface area contributed by atoms with Crippen LogP contribution >= 0.6 is 0 Å². The summed E-state index contributed by atoms with van der Waals surface area (Å²) in [5, 5.41) is 0. The Morgan fingerprint density at radius 2 is 1.83 bits per heavy atom. The molecule has 23 heavy (non-hydrogen) atoms. The van der Waals surface area contributed by atoms with Crippen molar-refractivity contribution in [1.29, 1.82) is 0 Å². The molecule has 0 radical (unpaired) electrons. The number of benzene rings is 1. The average molecular weight is 325 g/mol. The van der Waals surface area contributed by atoms with Crippen LogP contribution in [0.4, 0.5) is 18.9 Å². The molecule has 0 fully saturated rings. The predicted octanol–water partition coefficient (Wildman–Crippen LogP) is 2.54. The van der Waals surface area contributed by atoms with Gasteiger partial charge in [-0.2, -0.15) is 9.38 Å². The lowest BCUT2D eigenvalue weighted by molar-refractivity contribution is -0.117. The normalized spacial score (nSPS) is 16.6. The third kappa shape index (κ3) is 3.25. The van der Waals surface area contributed by atoms with E-state index in [1.165, 1.54) is 4.90 Å². The van der Waals surface area contributed by atoms with Crippen LogP contribution in [0.3, 0.4) is 0 Å². The first kappa shape index (κ1) is 16.7. The Hall–Kier alpha value is -2.64. The minimum atomic E-state index is -1.75. The van der Waals surface area contributed by atoms with Gasteiger partial charge in [-0.3, -0.25) is 14.5 Å². The topological polar surface area (TPSA) is 53.0 Å². The van der Waals surface area contributed by atoms with Crippen LogP contribution in [-0.4, -0.2) is 36.1 Å². The molecule has 2 amide bonds. The van der Waals surface area contributed by atoms with Crippen LogP contribution in [0.25, 0.3) is 0 Å². The number of alkyl halides is 2. The number of carbonyl (C=O) groups is 2. The number of hydrogen-bond donors (Lipinski definition) is 0. The van der Waals surface area contributed by atoms with Gasteiger partial charge in [0.2, 0.25) is 18.8 Å². The Balaban J connectivity index is 0.000000595. The number of aryl methyl sites for hydroxylation is 2. The molecule has 1 aromatic rings. The molecule has 2 aliphatic rings. The summed E-state index contributed by atoms with van der Waals surface area (Å²) in [5.74, 6) is -1.73. The third-order valence-corrected chi connectivity index (χ3v) is 3.43. The summed E-state index contributed by atoms with van der Waals surface area (Å²) in [5.41, 5.74) is 2.66. The second-order valence-electron chi connectivity index (χ2n) is 4.90. The Morgan fingerprint density at radius 1 is 1.17 bits per heavy atom. The minimum Gasteiger partial charge on any atom is -0.278 e. The first-order chi connectivity index (χ1) is 10.9. The number of carbonyl (C=O) groups excluding carboxylic acids is 2. The van der Waals surface area contributed by atoms with E-state index >= 15 is 0 Å². The molecular formula is C15H14F3N3O2. The highest BCUT2D eigenvalue weighted by molar-refractivity contribution is 6.25. The molecular weight excluding hydrogens is 311 g/mol. The largest absolute Gasteiger partial charge is 0.278 e. The molecule has 0 unspecified atom stereocenters. The second-order valence-corrected chi connectivity index (χ2v) is 4.90. The highest BCUT2D eigenvalue weighted by Crippen LogP contribution is 2.27. The van der Waals surface area contributed by atoms with Gasteiger partial charge in [0.15, 0.2) is 0 Å². The number of guanidine groups is 1. The zero-order valence-electron chi connectivity index (χ0n) is 12.5. The van der Waals surface area contributed by atoms with Gasteiger partial charge in [0.1, 0.15) is 6.54 Å². The van der Waals surface area contributed by atoms with Crippen molar-refractivity contribution >= 4 is 23.5 Å². The van der Waals surface area contributed by atoms with Crippen LogP contribution in [-0.2, 0) is 9.59 Å². The number of amides is 2. The smallest absolute Gasteiger partial charge is 0.269 e. The maximum Gasteiger partial charge on any atom is 0.269 e. The molecule has 0 atom stereocenters. The van der Waals surface area contributed by atoms with Gasteiger partial charge in [0.05, 0.1) is 11.8 Å². The lowest BCUT2D eigenvalue weighted by Gasteiger charge is -2.30. The summed E-state index contributed by atoms with van der Waals surface area (Å²) in [7, 11) is 0. The Bertz CT molecular complexity index is 716. The molecule has 0 aromatic heterocycles. The Morgan fingerprint density at radius 3 is 2.43 bits per heavy atom. The van der Waals surface area contributed by atoms with Crippen LogP contribution in [0, 0.1) is 13.8 Å². The number of aliphatic imine (C=N–C) groups is 1. The fraction of sp³-hybridized carbons (Fsp3) is 0.267. The van der Waals surface area contributed by atoms with Gasteiger partial charge >= 0.3 is 0 Å². The van der Waals surface area contributed by atoms with Crippen molar-refractivity contribution in [3.63, 3.8) is 0 Å². The summed E-state index contributed by atoms with van der Waals surface area (Å²) in [6, 6.07) is 5.43. The van der Waals surface area contributed by atoms with E-state index < -0.39 is 24.7 Å². The van der Waals surface area contributed by atoms with Crippen molar-refractivity contribution in [2.24, 2.45) is 4.99 Å². The molecule has 0 saturated heterocycles. The van der Waals surface area contributed by atoms with Crippen LogP contribution in [0.15, 0.2) is 35.2 Å². The fourth-order valence-electron chi connectivity index (χ4n) is 2.21. The maximum atomic E-state index is 13.7. The van der Waals surface area contributed by atoms with Crippen LogP contribution in [0.5, 0.6) is 0 Å². The van der Waals surface area contributed by atoms with Crippen molar-refractivity contribution < 1.29 is 22.8 Å². The number of fused-ring (bicyclic) bond motifs is 1. The van der Waals surface area contributed by atoms with Crippen LogP contribution < -0.4 is 4.90 Å². The summed E-state index contributed by atoms with van der Waals surface area (Å²) in [6.45, 7) is 1.95. The molecule has 0 saturated carbocycles. The molecule has 0 aliphatic carbocycles. The molecule has 122 valence electrons. The molecule has 0 spiro atoms. The highest BCUT2D eigenvalue weighted by atomic mass is 19.3. The monoisotopic (exact) mass is 325 g/mol. The Labute approximate surface area is 130 Å². The van der Waals surface area contributed by atoms with E-state index in [4.69, 9.17) is 0 Å². The minimum absolute atomic E-state index is 0.0308. The number of rotatable bonds is 1. The SMILES string of the molecule is Cc1ccc(N2C(=O)C=C(F)N3CC(=O)N=C32)cc1C.FCF. The number of hydrogen-bond acceptors (Lipinski definition) is 3. The van der Waals surface area contributed by atoms with E-state index in [2.05, 4.69) is 4.99 Å². The first-order valence-corrected chi connectivity index (χ1v) is 6.68. The summed E-state index contributed by atoms with van der Waals surface area (Å²) >= 11 is 0. The zero-order chi connectivity index (χ0) is 17.1. The molecule has 2 heterocycles. The molecule has 0 bridgehead atoms. The van der Waals surface area contributed by atoms with Crippen molar-refractivity contribution in [3.05, 3.63) is 41.4 Å². The van der Waals surface area contributed by atoms with Crippen molar-refractivity contribution in [1.82, 2.24) is 4.90 Å². The van der Waals surface area contributed by atoms with Crippen molar-refractivity contribution in [2.75, 3.05) is 18.4 Å². The molecule has 5 nitrogen and oxygen atoms in total. The fourth-order valence-corrected chi connectivity index (χ4v) is 2.21. The van der Waals surface area contributed by atoms with Crippen LogP contribution in [0.2, 0.25) is 0 Å². The zero-order valence-corrected chi connectivity index (χ0v) is 12.5. The lowest BCUT2D eigenvalue weighted by atomic mass is 10.1. The number of halogens is 3. The van der Waals surface area contributed by atoms with Gasteiger partial charge in [0.25, 0.3) is 11.8 Å². The van der Waals surface area contributed by atoms with Gasteiger partial charge in [-0.05, 0) is 37.1 Å². The molecule has 2 aliphatic heterocycles. The van der Waals surface area contributed by atoms with E-state index in [0.717, 1.165) is 22.1 Å². The number of anilines is 1. The standard InChI is InChI=1S/C14H12FN3O2.CH2F2/c1-8-3-4-10(5-9(8)2)18-13(20)6-11(15)17-7-12(19)16-14(17)18;2-1-3/h3-6H,7H2,1-2H3;1H2. The van der Waals surface area contributed by atoms with Gasteiger partial charge in [0, 0.05) is 0 Å². The van der Waals surface area contributed by atoms with Gasteiger partial charge in [-0.25, -0.2) is 13.7 Å². The molecule has 8 heteroatoms. The van der Waals surface area contributed by atoms with Crippen LogP contribution in [0.1, 0.15) is 11.1 Å². The van der Waals surface area contributed by atoms with Gasteiger partial charge < -0.3 is 0 Å². The average Bonchev–Trinajstić information content (AvgIpc) is 2.85. The number of nitrogens with zero attached hydrogens (tertiary/aromatic N) is 3. The van der Waals surface area contributed by atoms with E-state index in [9.17, 15) is 22.8 Å². The summed E-state index contributed by atoms with van der Waals surface area (Å²) in [4.78, 5) is 29.5. The Kier molecular flexibility index (Phi) is 4.83. The highest BCUT2D eigenvalue weighted by Gasteiger charge is 2.38. The van der Waals surface area contributed by atoms with E-state index in [1.807, 2.05) is 26.0 Å². The lowest BCUT2D eigenvalue weighted by Crippen LogP contribution is -2.48. The van der Waals surface area contributed by atoms with Crippen molar-refractivity contribution in [2.45, 2.75) is 13.8 Å².